The average molecular weight is 236 g/mol. The molecule has 0 fully saturated rings. The van der Waals surface area contributed by atoms with Crippen LogP contribution in [0.5, 0.6) is 0 Å². The number of thiazole rings is 1. The second-order valence-corrected chi connectivity index (χ2v) is 4.96. The van der Waals surface area contributed by atoms with Crippen molar-refractivity contribution in [2.75, 3.05) is 0 Å². The maximum Gasteiger partial charge on any atom is 0.309 e. The zero-order chi connectivity index (χ0) is 11.1. The third-order valence-electron chi connectivity index (χ3n) is 3.02. The Bertz CT molecular complexity index is 556. The van der Waals surface area contributed by atoms with Gasteiger partial charge < -0.3 is 5.11 Å². The van der Waals surface area contributed by atoms with Gasteiger partial charge in [-0.3, -0.25) is 9.20 Å². The van der Waals surface area contributed by atoms with Crippen LogP contribution in [0.25, 0.3) is 4.96 Å². The Morgan fingerprint density at radius 2 is 2.31 bits per heavy atom. The SMILES string of the molecule is O=C(O)Cc1csc2nc3c(n12)CCCC3. The molecule has 3 rings (SSSR count). The number of carboxylic acids is 1. The number of carbonyl (C=O) groups is 1. The molecule has 0 bridgehead atoms. The first kappa shape index (κ1) is 9.84. The van der Waals surface area contributed by atoms with Crippen molar-refractivity contribution >= 4 is 22.3 Å². The minimum Gasteiger partial charge on any atom is -0.481 e. The van der Waals surface area contributed by atoms with E-state index in [2.05, 4.69) is 4.98 Å². The van der Waals surface area contributed by atoms with Crippen molar-refractivity contribution in [3.8, 4) is 0 Å². The normalized spacial score (nSPS) is 15.2. The van der Waals surface area contributed by atoms with Crippen molar-refractivity contribution in [3.63, 3.8) is 0 Å². The van der Waals surface area contributed by atoms with Gasteiger partial charge in [-0.15, -0.1) is 11.3 Å². The Morgan fingerprint density at radius 3 is 3.12 bits per heavy atom. The Balaban J connectivity index is 2.16. The van der Waals surface area contributed by atoms with Gasteiger partial charge >= 0.3 is 5.97 Å². The molecule has 0 saturated heterocycles. The molecule has 0 aliphatic heterocycles. The summed E-state index contributed by atoms with van der Waals surface area (Å²) in [5.41, 5.74) is 3.27. The highest BCUT2D eigenvalue weighted by atomic mass is 32.1. The average Bonchev–Trinajstić information content (AvgIpc) is 2.77. The Hall–Kier alpha value is -1.36. The molecule has 0 atom stereocenters. The number of hydrogen-bond acceptors (Lipinski definition) is 3. The zero-order valence-corrected chi connectivity index (χ0v) is 9.59. The van der Waals surface area contributed by atoms with Crippen LogP contribution in [0.15, 0.2) is 5.38 Å². The van der Waals surface area contributed by atoms with Crippen LogP contribution in [0.4, 0.5) is 0 Å². The number of fused-ring (bicyclic) bond motifs is 3. The van der Waals surface area contributed by atoms with Crippen LogP contribution in [0, 0.1) is 0 Å². The molecule has 84 valence electrons. The molecule has 1 aliphatic rings. The van der Waals surface area contributed by atoms with E-state index in [1.807, 2.05) is 9.78 Å². The fourth-order valence-corrected chi connectivity index (χ4v) is 3.27. The zero-order valence-electron chi connectivity index (χ0n) is 8.77. The van der Waals surface area contributed by atoms with Crippen LogP contribution < -0.4 is 0 Å². The summed E-state index contributed by atoms with van der Waals surface area (Å²) in [6.45, 7) is 0. The summed E-state index contributed by atoms with van der Waals surface area (Å²) < 4.78 is 2.05. The van der Waals surface area contributed by atoms with Crippen LogP contribution in [0.3, 0.4) is 0 Å². The van der Waals surface area contributed by atoms with Gasteiger partial charge in [0.25, 0.3) is 0 Å². The first-order valence-corrected chi connectivity index (χ1v) is 6.32. The molecule has 16 heavy (non-hydrogen) atoms. The van der Waals surface area contributed by atoms with Crippen LogP contribution in [0.1, 0.15) is 29.9 Å². The third kappa shape index (κ3) is 1.43. The molecule has 0 radical (unpaired) electrons. The molecule has 2 aromatic rings. The molecular weight excluding hydrogens is 224 g/mol. The molecule has 2 aromatic heterocycles. The van der Waals surface area contributed by atoms with Crippen molar-refractivity contribution in [1.29, 1.82) is 0 Å². The number of aromatic nitrogens is 2. The van der Waals surface area contributed by atoms with E-state index >= 15 is 0 Å². The lowest BCUT2D eigenvalue weighted by atomic mass is 10.0. The van der Waals surface area contributed by atoms with Crippen molar-refractivity contribution in [2.24, 2.45) is 0 Å². The topological polar surface area (TPSA) is 54.6 Å². The van der Waals surface area contributed by atoms with Gasteiger partial charge in [0.05, 0.1) is 12.1 Å². The van der Waals surface area contributed by atoms with Gasteiger partial charge in [0.2, 0.25) is 0 Å². The van der Waals surface area contributed by atoms with Crippen molar-refractivity contribution in [1.82, 2.24) is 9.38 Å². The summed E-state index contributed by atoms with van der Waals surface area (Å²) in [4.78, 5) is 16.3. The summed E-state index contributed by atoms with van der Waals surface area (Å²) in [6.07, 6.45) is 4.54. The van der Waals surface area contributed by atoms with Crippen LogP contribution >= 0.6 is 11.3 Å². The molecule has 1 aliphatic carbocycles. The number of carboxylic acid groups (broad SMARTS) is 1. The predicted molar refractivity (Wildman–Crippen MR) is 61.1 cm³/mol. The smallest absolute Gasteiger partial charge is 0.309 e. The van der Waals surface area contributed by atoms with Gasteiger partial charge in [0.15, 0.2) is 4.96 Å². The van der Waals surface area contributed by atoms with Crippen molar-refractivity contribution < 1.29 is 9.90 Å². The largest absolute Gasteiger partial charge is 0.481 e. The number of aryl methyl sites for hydroxylation is 2. The molecule has 2 heterocycles. The van der Waals surface area contributed by atoms with E-state index in [0.29, 0.717) is 0 Å². The molecule has 5 heteroatoms. The molecule has 0 saturated carbocycles. The van der Waals surface area contributed by atoms with Gasteiger partial charge in [-0.05, 0) is 25.7 Å². The summed E-state index contributed by atoms with van der Waals surface area (Å²) in [6, 6.07) is 0. The lowest BCUT2D eigenvalue weighted by Crippen LogP contribution is -2.08. The second kappa shape index (κ2) is 3.59. The third-order valence-corrected chi connectivity index (χ3v) is 3.90. The first-order valence-electron chi connectivity index (χ1n) is 5.44. The van der Waals surface area contributed by atoms with Gasteiger partial charge in [-0.1, -0.05) is 0 Å². The lowest BCUT2D eigenvalue weighted by molar-refractivity contribution is -0.136. The Morgan fingerprint density at radius 1 is 1.50 bits per heavy atom. The van der Waals surface area contributed by atoms with E-state index in [1.165, 1.54) is 35.6 Å². The van der Waals surface area contributed by atoms with E-state index in [9.17, 15) is 4.79 Å². The maximum absolute atomic E-state index is 10.8. The standard InChI is InChI=1S/C11H12N2O2S/c14-10(15)5-7-6-16-11-12-8-3-1-2-4-9(8)13(7)11/h6H,1-5H2,(H,14,15). The summed E-state index contributed by atoms with van der Waals surface area (Å²) in [5.74, 6) is -0.780. The van der Waals surface area contributed by atoms with E-state index < -0.39 is 5.97 Å². The molecule has 1 N–H and O–H groups in total. The van der Waals surface area contributed by atoms with E-state index in [-0.39, 0.29) is 6.42 Å². The predicted octanol–water partition coefficient (Wildman–Crippen LogP) is 1.90. The summed E-state index contributed by atoms with van der Waals surface area (Å²) in [5, 5.41) is 10.8. The number of rotatable bonds is 2. The van der Waals surface area contributed by atoms with Gasteiger partial charge in [0, 0.05) is 16.8 Å². The number of aliphatic carboxylic acids is 1. The van der Waals surface area contributed by atoms with Crippen LogP contribution in [0.2, 0.25) is 0 Å². The van der Waals surface area contributed by atoms with Gasteiger partial charge in [0.1, 0.15) is 0 Å². The molecule has 0 aromatic carbocycles. The van der Waals surface area contributed by atoms with E-state index in [4.69, 9.17) is 5.11 Å². The highest BCUT2D eigenvalue weighted by molar-refractivity contribution is 7.15. The van der Waals surface area contributed by atoms with Crippen LogP contribution in [-0.2, 0) is 24.1 Å². The molecule has 0 unspecified atom stereocenters. The molecule has 0 amide bonds. The highest BCUT2D eigenvalue weighted by Gasteiger charge is 2.19. The fourth-order valence-electron chi connectivity index (χ4n) is 2.34. The Labute approximate surface area is 96.5 Å². The fraction of sp³-hybridized carbons (Fsp3) is 0.455. The minimum atomic E-state index is -0.780. The van der Waals surface area contributed by atoms with Crippen molar-refractivity contribution in [2.45, 2.75) is 32.1 Å². The van der Waals surface area contributed by atoms with E-state index in [0.717, 1.165) is 23.5 Å². The lowest BCUT2D eigenvalue weighted by Gasteiger charge is -2.10. The molecule has 4 nitrogen and oxygen atoms in total. The van der Waals surface area contributed by atoms with Crippen LogP contribution in [-0.4, -0.2) is 20.5 Å². The maximum atomic E-state index is 10.8. The van der Waals surface area contributed by atoms with Gasteiger partial charge in [-0.25, -0.2) is 4.98 Å². The molecular formula is C11H12N2O2S. The summed E-state index contributed by atoms with van der Waals surface area (Å²) in [7, 11) is 0. The highest BCUT2D eigenvalue weighted by Crippen LogP contribution is 2.27. The quantitative estimate of drug-likeness (QED) is 0.866. The summed E-state index contributed by atoms with van der Waals surface area (Å²) >= 11 is 1.54. The minimum absolute atomic E-state index is 0.0861. The van der Waals surface area contributed by atoms with Gasteiger partial charge in [-0.2, -0.15) is 0 Å². The first-order chi connectivity index (χ1) is 7.75. The Kier molecular flexibility index (Phi) is 2.21. The van der Waals surface area contributed by atoms with Crippen molar-refractivity contribution in [3.05, 3.63) is 22.5 Å². The monoisotopic (exact) mass is 236 g/mol. The van der Waals surface area contributed by atoms with E-state index in [1.54, 1.807) is 0 Å². The number of imidazole rings is 1. The second-order valence-electron chi connectivity index (χ2n) is 4.13. The number of hydrogen-bond donors (Lipinski definition) is 1. The number of nitrogens with zero attached hydrogens (tertiary/aromatic N) is 2. The molecule has 0 spiro atoms.